The van der Waals surface area contributed by atoms with Crippen molar-refractivity contribution < 1.29 is 18.1 Å². The molecular weight excluding hydrogens is 265 g/mol. The number of rotatable bonds is 2. The van der Waals surface area contributed by atoms with Gasteiger partial charge in [-0.15, -0.1) is 0 Å². The molecule has 0 aliphatic carbocycles. The second-order valence-corrected chi connectivity index (χ2v) is 3.64. The normalized spacial score (nSPS) is 11.5. The number of anilines is 1. The third kappa shape index (κ3) is 2.49. The molecule has 0 spiro atoms. The summed E-state index contributed by atoms with van der Waals surface area (Å²) in [6.45, 7) is 0. The van der Waals surface area contributed by atoms with Gasteiger partial charge in [-0.1, -0.05) is 0 Å². The minimum Gasteiger partial charge on any atom is -0.382 e. The molecular formula is C10H7F3N4O2. The Morgan fingerprint density at radius 2 is 1.84 bits per heavy atom. The number of nitrogen functional groups attached to an aromatic ring is 1. The molecule has 0 unspecified atom stereocenters. The molecule has 2 rings (SSSR count). The van der Waals surface area contributed by atoms with E-state index < -0.39 is 16.8 Å². The van der Waals surface area contributed by atoms with Crippen LogP contribution in [0.25, 0.3) is 5.69 Å². The van der Waals surface area contributed by atoms with Crippen LogP contribution in [0.1, 0.15) is 5.69 Å². The lowest BCUT2D eigenvalue weighted by atomic mass is 10.3. The summed E-state index contributed by atoms with van der Waals surface area (Å²) in [5, 5.41) is 14.0. The number of halogens is 3. The van der Waals surface area contributed by atoms with Crippen LogP contribution in [-0.2, 0) is 6.18 Å². The lowest BCUT2D eigenvalue weighted by Crippen LogP contribution is -2.13. The summed E-state index contributed by atoms with van der Waals surface area (Å²) in [6, 6.07) is 5.21. The molecule has 0 atom stereocenters. The molecule has 100 valence electrons. The van der Waals surface area contributed by atoms with Gasteiger partial charge >= 0.3 is 6.18 Å². The van der Waals surface area contributed by atoms with Crippen molar-refractivity contribution in [2.75, 3.05) is 5.73 Å². The van der Waals surface area contributed by atoms with Crippen LogP contribution in [0.15, 0.2) is 30.3 Å². The molecule has 2 N–H and O–H groups in total. The molecule has 2 aromatic rings. The average Bonchev–Trinajstić information content (AvgIpc) is 2.71. The van der Waals surface area contributed by atoms with Crippen LogP contribution < -0.4 is 5.73 Å². The fourth-order valence-electron chi connectivity index (χ4n) is 1.51. The first kappa shape index (κ1) is 12.9. The zero-order valence-electron chi connectivity index (χ0n) is 9.26. The number of hydrogen-bond acceptors (Lipinski definition) is 4. The number of hydrogen-bond donors (Lipinski definition) is 1. The Morgan fingerprint density at radius 1 is 1.26 bits per heavy atom. The highest BCUT2D eigenvalue weighted by Gasteiger charge is 2.36. The lowest BCUT2D eigenvalue weighted by molar-refractivity contribution is -0.384. The van der Waals surface area contributed by atoms with E-state index in [0.717, 1.165) is 12.1 Å². The molecule has 0 aliphatic rings. The zero-order chi connectivity index (χ0) is 14.2. The summed E-state index contributed by atoms with van der Waals surface area (Å²) in [5.41, 5.74) is 4.02. The lowest BCUT2D eigenvalue weighted by Gasteiger charge is -2.09. The molecule has 6 nitrogen and oxygen atoms in total. The monoisotopic (exact) mass is 272 g/mol. The van der Waals surface area contributed by atoms with Crippen molar-refractivity contribution >= 4 is 11.5 Å². The molecule has 1 aromatic carbocycles. The largest absolute Gasteiger partial charge is 0.433 e. The summed E-state index contributed by atoms with van der Waals surface area (Å²) >= 11 is 0. The van der Waals surface area contributed by atoms with Gasteiger partial charge in [0.05, 0.1) is 10.6 Å². The third-order valence-corrected chi connectivity index (χ3v) is 2.32. The van der Waals surface area contributed by atoms with E-state index in [1.54, 1.807) is 0 Å². The molecule has 1 aromatic heterocycles. The number of benzene rings is 1. The highest BCUT2D eigenvalue weighted by atomic mass is 19.4. The molecule has 0 saturated carbocycles. The second-order valence-electron chi connectivity index (χ2n) is 3.64. The molecule has 0 radical (unpaired) electrons. The van der Waals surface area contributed by atoms with Crippen LogP contribution in [0.4, 0.5) is 24.7 Å². The summed E-state index contributed by atoms with van der Waals surface area (Å²) in [5.74, 6) is -0.286. The SMILES string of the molecule is Nc1cc(C(F)(F)F)n(-c2ccc([N+](=O)[O-])cc2)n1. The number of nitrogens with zero attached hydrogens (tertiary/aromatic N) is 3. The molecule has 19 heavy (non-hydrogen) atoms. The van der Waals surface area contributed by atoms with Gasteiger partial charge in [-0.25, -0.2) is 4.68 Å². The van der Waals surface area contributed by atoms with Crippen LogP contribution in [0, 0.1) is 10.1 Å². The highest BCUT2D eigenvalue weighted by molar-refractivity contribution is 5.44. The Balaban J connectivity index is 2.50. The maximum absolute atomic E-state index is 12.7. The van der Waals surface area contributed by atoms with Crippen molar-refractivity contribution in [1.29, 1.82) is 0 Å². The van der Waals surface area contributed by atoms with E-state index in [2.05, 4.69) is 5.10 Å². The van der Waals surface area contributed by atoms with E-state index in [1.165, 1.54) is 12.1 Å². The fourth-order valence-corrected chi connectivity index (χ4v) is 1.51. The number of non-ortho nitro benzene ring substituents is 1. The highest BCUT2D eigenvalue weighted by Crippen LogP contribution is 2.32. The van der Waals surface area contributed by atoms with Crippen LogP contribution in [-0.4, -0.2) is 14.7 Å². The predicted octanol–water partition coefficient (Wildman–Crippen LogP) is 2.38. The van der Waals surface area contributed by atoms with Crippen molar-refractivity contribution in [3.8, 4) is 5.69 Å². The Kier molecular flexibility index (Phi) is 2.89. The average molecular weight is 272 g/mol. The third-order valence-electron chi connectivity index (χ3n) is 2.32. The van der Waals surface area contributed by atoms with Gasteiger partial charge in [0, 0.05) is 18.2 Å². The summed E-state index contributed by atoms with van der Waals surface area (Å²) in [4.78, 5) is 9.82. The topological polar surface area (TPSA) is 87.0 Å². The van der Waals surface area contributed by atoms with Crippen LogP contribution in [0.2, 0.25) is 0 Å². The van der Waals surface area contributed by atoms with Crippen LogP contribution >= 0.6 is 0 Å². The fraction of sp³-hybridized carbons (Fsp3) is 0.100. The first-order valence-corrected chi connectivity index (χ1v) is 4.96. The molecule has 0 amide bonds. The Morgan fingerprint density at radius 3 is 2.32 bits per heavy atom. The summed E-state index contributed by atoms with van der Waals surface area (Å²) in [6.07, 6.45) is -4.62. The van der Waals surface area contributed by atoms with E-state index >= 15 is 0 Å². The molecule has 0 bridgehead atoms. The van der Waals surface area contributed by atoms with E-state index in [4.69, 9.17) is 5.73 Å². The van der Waals surface area contributed by atoms with Gasteiger partial charge in [-0.3, -0.25) is 10.1 Å². The van der Waals surface area contributed by atoms with Crippen molar-refractivity contribution in [3.63, 3.8) is 0 Å². The van der Waals surface area contributed by atoms with Gasteiger partial charge in [-0.2, -0.15) is 18.3 Å². The minimum absolute atomic E-state index is 0.0367. The van der Waals surface area contributed by atoms with Gasteiger partial charge in [-0.05, 0) is 12.1 Å². The molecule has 0 saturated heterocycles. The molecule has 0 aliphatic heterocycles. The number of nitro groups is 1. The molecule has 1 heterocycles. The van der Waals surface area contributed by atoms with Crippen molar-refractivity contribution in [2.24, 2.45) is 0 Å². The first-order chi connectivity index (χ1) is 8.79. The molecule has 0 fully saturated rings. The summed E-state index contributed by atoms with van der Waals surface area (Å²) < 4.78 is 38.8. The van der Waals surface area contributed by atoms with Gasteiger partial charge in [0.15, 0.2) is 0 Å². The van der Waals surface area contributed by atoms with Crippen molar-refractivity contribution in [2.45, 2.75) is 6.18 Å². The standard InChI is InChI=1S/C10H7F3N4O2/c11-10(12,13)8-5-9(14)15-16(8)6-1-3-7(4-2-6)17(18)19/h1-5H,(H2,14,15). The van der Waals surface area contributed by atoms with E-state index in [-0.39, 0.29) is 17.2 Å². The molecule has 9 heteroatoms. The van der Waals surface area contributed by atoms with Crippen molar-refractivity contribution in [3.05, 3.63) is 46.1 Å². The zero-order valence-corrected chi connectivity index (χ0v) is 9.26. The number of alkyl halides is 3. The quantitative estimate of drug-likeness (QED) is 0.671. The Labute approximate surface area is 104 Å². The smallest absolute Gasteiger partial charge is 0.382 e. The number of aromatic nitrogens is 2. The van der Waals surface area contributed by atoms with E-state index in [1.807, 2.05) is 0 Å². The maximum Gasteiger partial charge on any atom is 0.433 e. The predicted molar refractivity (Wildman–Crippen MR) is 59.6 cm³/mol. The minimum atomic E-state index is -4.62. The number of nitrogens with two attached hydrogens (primary N) is 1. The van der Waals surface area contributed by atoms with Gasteiger partial charge in [0.25, 0.3) is 5.69 Å². The van der Waals surface area contributed by atoms with Crippen LogP contribution in [0.3, 0.4) is 0 Å². The first-order valence-electron chi connectivity index (χ1n) is 4.96. The maximum atomic E-state index is 12.7. The Hall–Kier alpha value is -2.58. The Bertz CT molecular complexity index is 619. The van der Waals surface area contributed by atoms with Crippen LogP contribution in [0.5, 0.6) is 0 Å². The summed E-state index contributed by atoms with van der Waals surface area (Å²) in [7, 11) is 0. The second kappa shape index (κ2) is 4.26. The van der Waals surface area contributed by atoms with E-state index in [9.17, 15) is 23.3 Å². The van der Waals surface area contributed by atoms with E-state index in [0.29, 0.717) is 10.7 Å². The van der Waals surface area contributed by atoms with Gasteiger partial charge < -0.3 is 5.73 Å². The number of nitro benzene ring substituents is 1. The van der Waals surface area contributed by atoms with Gasteiger partial charge in [0.2, 0.25) is 0 Å². The van der Waals surface area contributed by atoms with Crippen molar-refractivity contribution in [1.82, 2.24) is 9.78 Å². The van der Waals surface area contributed by atoms with Gasteiger partial charge in [0.1, 0.15) is 11.5 Å².